The van der Waals surface area contributed by atoms with Crippen LogP contribution in [0.3, 0.4) is 0 Å². The van der Waals surface area contributed by atoms with Gasteiger partial charge in [-0.1, -0.05) is 49.4 Å². The minimum absolute atomic E-state index is 0.269. The average Bonchev–Trinajstić information content (AvgIpc) is 2.81. The van der Waals surface area contributed by atoms with Gasteiger partial charge in [-0.05, 0) is 41.8 Å². The molecule has 1 unspecified atom stereocenters. The molecule has 4 nitrogen and oxygen atoms in total. The van der Waals surface area contributed by atoms with Gasteiger partial charge >= 0.3 is 0 Å². The van der Waals surface area contributed by atoms with E-state index in [0.717, 1.165) is 35.8 Å². The first-order valence-electron chi connectivity index (χ1n) is 10.8. The van der Waals surface area contributed by atoms with Gasteiger partial charge in [0.2, 0.25) is 0 Å². The van der Waals surface area contributed by atoms with E-state index >= 15 is 0 Å². The summed E-state index contributed by atoms with van der Waals surface area (Å²) in [6, 6.07) is 20.9. The minimum atomic E-state index is -0.529. The molecular weight excluding hydrogens is 393 g/mol. The molecule has 162 valence electrons. The summed E-state index contributed by atoms with van der Waals surface area (Å²) in [5.74, 6) is 1.40. The van der Waals surface area contributed by atoms with Crippen molar-refractivity contribution >= 4 is 5.69 Å². The van der Waals surface area contributed by atoms with Crippen molar-refractivity contribution in [3.05, 3.63) is 78.1 Å². The third-order valence-corrected chi connectivity index (χ3v) is 5.63. The molecule has 0 saturated carbocycles. The van der Waals surface area contributed by atoms with Crippen LogP contribution in [0, 0.1) is 5.82 Å². The number of hydrogen-bond donors (Lipinski definition) is 1. The fourth-order valence-electron chi connectivity index (χ4n) is 3.82. The first kappa shape index (κ1) is 21.2. The second-order valence-corrected chi connectivity index (χ2v) is 7.72. The minimum Gasteiger partial charge on any atom is -0.492 e. The van der Waals surface area contributed by atoms with Crippen LogP contribution in [0.15, 0.2) is 66.7 Å². The van der Waals surface area contributed by atoms with E-state index in [1.807, 2.05) is 55.5 Å². The van der Waals surface area contributed by atoms with Crippen molar-refractivity contribution in [2.75, 3.05) is 31.2 Å². The lowest BCUT2D eigenvalue weighted by molar-refractivity contribution is 0.169. The van der Waals surface area contributed by atoms with Gasteiger partial charge in [-0.15, -0.1) is 0 Å². The lowest BCUT2D eigenvalue weighted by Crippen LogP contribution is -2.35. The number of para-hydroxylation sites is 2. The smallest absolute Gasteiger partial charge is 0.142 e. The van der Waals surface area contributed by atoms with E-state index in [0.29, 0.717) is 37.2 Å². The molecule has 1 aliphatic rings. The molecule has 4 rings (SSSR count). The number of anilines is 1. The molecule has 0 radical (unpaired) electrons. The van der Waals surface area contributed by atoms with Crippen LogP contribution < -0.4 is 14.4 Å². The Morgan fingerprint density at radius 2 is 1.87 bits per heavy atom. The number of ether oxygens (including phenoxy) is 2. The van der Waals surface area contributed by atoms with Crippen LogP contribution in [0.2, 0.25) is 0 Å². The highest BCUT2D eigenvalue weighted by atomic mass is 19.1. The topological polar surface area (TPSA) is 41.9 Å². The number of aliphatic hydroxyl groups excluding tert-OH is 1. The van der Waals surface area contributed by atoms with E-state index in [-0.39, 0.29) is 5.82 Å². The van der Waals surface area contributed by atoms with Crippen LogP contribution in [0.5, 0.6) is 11.5 Å². The van der Waals surface area contributed by atoms with Crippen molar-refractivity contribution in [2.45, 2.75) is 25.9 Å². The van der Waals surface area contributed by atoms with Gasteiger partial charge in [0.15, 0.2) is 0 Å². The van der Waals surface area contributed by atoms with E-state index in [2.05, 4.69) is 11.0 Å². The predicted molar refractivity (Wildman–Crippen MR) is 121 cm³/mol. The van der Waals surface area contributed by atoms with Crippen LogP contribution >= 0.6 is 0 Å². The third-order valence-electron chi connectivity index (χ3n) is 5.63. The molecule has 1 heterocycles. The van der Waals surface area contributed by atoms with Crippen molar-refractivity contribution < 1.29 is 19.0 Å². The summed E-state index contributed by atoms with van der Waals surface area (Å²) in [5, 5.41) is 9.87. The monoisotopic (exact) mass is 421 g/mol. The summed E-state index contributed by atoms with van der Waals surface area (Å²) in [6.07, 6.45) is 0.396. The lowest BCUT2D eigenvalue weighted by Gasteiger charge is -2.31. The Kier molecular flexibility index (Phi) is 6.73. The molecular formula is C26H28FNO3. The number of fused-ring (bicyclic) bond motifs is 1. The van der Waals surface area contributed by atoms with Crippen LogP contribution in [0.25, 0.3) is 11.1 Å². The molecule has 0 aliphatic carbocycles. The van der Waals surface area contributed by atoms with E-state index in [9.17, 15) is 9.50 Å². The lowest BCUT2D eigenvalue weighted by atomic mass is 9.98. The second-order valence-electron chi connectivity index (χ2n) is 7.72. The quantitative estimate of drug-likeness (QED) is 0.551. The molecule has 0 bridgehead atoms. The molecule has 1 atom stereocenters. The van der Waals surface area contributed by atoms with Gasteiger partial charge < -0.3 is 19.5 Å². The van der Waals surface area contributed by atoms with Gasteiger partial charge in [0.25, 0.3) is 0 Å². The highest BCUT2D eigenvalue weighted by Crippen LogP contribution is 2.31. The molecule has 1 N–H and O–H groups in total. The standard InChI is InChI=1S/C26H28FNO3/c1-2-21(29)18-20-6-5-7-23(26(20)27)19-10-12-22(13-11-19)30-16-14-28-15-17-31-25-9-4-3-8-24(25)28/h3-13,21,29H,2,14-18H2,1H3. The van der Waals surface area contributed by atoms with Crippen molar-refractivity contribution in [3.8, 4) is 22.6 Å². The number of aliphatic hydroxyl groups is 1. The van der Waals surface area contributed by atoms with Gasteiger partial charge in [0.1, 0.15) is 30.5 Å². The number of benzene rings is 3. The van der Waals surface area contributed by atoms with Crippen molar-refractivity contribution in [1.82, 2.24) is 0 Å². The highest BCUT2D eigenvalue weighted by molar-refractivity contribution is 5.66. The number of nitrogens with zero attached hydrogens (tertiary/aromatic N) is 1. The zero-order valence-electron chi connectivity index (χ0n) is 17.8. The zero-order chi connectivity index (χ0) is 21.6. The fourth-order valence-corrected chi connectivity index (χ4v) is 3.82. The maximum Gasteiger partial charge on any atom is 0.142 e. The first-order chi connectivity index (χ1) is 15.2. The molecule has 0 spiro atoms. The molecule has 0 fully saturated rings. The van der Waals surface area contributed by atoms with Crippen LogP contribution in [0.1, 0.15) is 18.9 Å². The second kappa shape index (κ2) is 9.84. The maximum absolute atomic E-state index is 14.9. The Hall–Kier alpha value is -3.05. The summed E-state index contributed by atoms with van der Waals surface area (Å²) in [7, 11) is 0. The number of rotatable bonds is 8. The largest absolute Gasteiger partial charge is 0.492 e. The van der Waals surface area contributed by atoms with Gasteiger partial charge in [-0.2, -0.15) is 0 Å². The summed E-state index contributed by atoms with van der Waals surface area (Å²) >= 11 is 0. The average molecular weight is 422 g/mol. The molecule has 3 aromatic carbocycles. The molecule has 0 amide bonds. The molecule has 0 saturated heterocycles. The third kappa shape index (κ3) is 5.00. The Bertz CT molecular complexity index is 1010. The van der Waals surface area contributed by atoms with Gasteiger partial charge in [0, 0.05) is 12.0 Å². The maximum atomic E-state index is 14.9. The summed E-state index contributed by atoms with van der Waals surface area (Å²) in [5.41, 5.74) is 2.96. The van der Waals surface area contributed by atoms with Gasteiger partial charge in [-0.25, -0.2) is 4.39 Å². The molecule has 1 aliphatic heterocycles. The Balaban J connectivity index is 1.38. The molecule has 5 heteroatoms. The van der Waals surface area contributed by atoms with Crippen LogP contribution in [-0.2, 0) is 6.42 Å². The SMILES string of the molecule is CCC(O)Cc1cccc(-c2ccc(OCCN3CCOc4ccccc43)cc2)c1F. The van der Waals surface area contributed by atoms with Gasteiger partial charge in [0.05, 0.1) is 24.9 Å². The first-order valence-corrected chi connectivity index (χ1v) is 10.8. The Morgan fingerprint density at radius 1 is 1.06 bits per heavy atom. The van der Waals surface area contributed by atoms with Crippen molar-refractivity contribution in [3.63, 3.8) is 0 Å². The summed E-state index contributed by atoms with van der Waals surface area (Å²) in [6.45, 7) is 4.71. The Morgan fingerprint density at radius 3 is 2.68 bits per heavy atom. The Labute approximate surface area is 182 Å². The summed E-state index contributed by atoms with van der Waals surface area (Å²) in [4.78, 5) is 2.26. The molecule has 3 aromatic rings. The van der Waals surface area contributed by atoms with Crippen molar-refractivity contribution in [2.24, 2.45) is 0 Å². The van der Waals surface area contributed by atoms with E-state index in [4.69, 9.17) is 9.47 Å². The van der Waals surface area contributed by atoms with Crippen LogP contribution in [0.4, 0.5) is 10.1 Å². The van der Waals surface area contributed by atoms with Gasteiger partial charge in [-0.3, -0.25) is 0 Å². The summed E-state index contributed by atoms with van der Waals surface area (Å²) < 4.78 is 26.5. The van der Waals surface area contributed by atoms with E-state index in [1.54, 1.807) is 12.1 Å². The predicted octanol–water partition coefficient (Wildman–Crippen LogP) is 5.08. The normalized spacial score (nSPS) is 14.0. The fraction of sp³-hybridized carbons (Fsp3) is 0.308. The van der Waals surface area contributed by atoms with E-state index in [1.165, 1.54) is 0 Å². The number of halogens is 1. The highest BCUT2D eigenvalue weighted by Gasteiger charge is 2.17. The molecule has 0 aromatic heterocycles. The van der Waals surface area contributed by atoms with Crippen LogP contribution in [-0.4, -0.2) is 37.5 Å². The van der Waals surface area contributed by atoms with Crippen molar-refractivity contribution in [1.29, 1.82) is 0 Å². The van der Waals surface area contributed by atoms with E-state index < -0.39 is 6.10 Å². The molecule has 31 heavy (non-hydrogen) atoms. The number of hydrogen-bond acceptors (Lipinski definition) is 4. The zero-order valence-corrected chi connectivity index (χ0v) is 17.8.